The van der Waals surface area contributed by atoms with Crippen LogP contribution in [-0.2, 0) is 9.53 Å². The average Bonchev–Trinajstić information content (AvgIpc) is 3.22. The summed E-state index contributed by atoms with van der Waals surface area (Å²) in [6, 6.07) is 3.95. The van der Waals surface area contributed by atoms with Crippen molar-refractivity contribution in [2.75, 3.05) is 25.2 Å². The number of ether oxygens (including phenoxy) is 2. The van der Waals surface area contributed by atoms with Gasteiger partial charge in [-0.3, -0.25) is 9.69 Å². The van der Waals surface area contributed by atoms with Gasteiger partial charge in [0.2, 0.25) is 5.91 Å². The Balaban J connectivity index is 2.01. The molecule has 0 aliphatic carbocycles. The number of carbonyl (C=O) groups is 1. The Morgan fingerprint density at radius 3 is 2.92 bits per heavy atom. The molecule has 1 amide bonds. The molecule has 1 saturated heterocycles. The van der Waals surface area contributed by atoms with Crippen LogP contribution in [0.15, 0.2) is 12.1 Å². The van der Waals surface area contributed by atoms with Crippen LogP contribution in [-0.4, -0.2) is 37.3 Å². The van der Waals surface area contributed by atoms with Crippen LogP contribution in [0.3, 0.4) is 0 Å². The van der Waals surface area contributed by atoms with E-state index in [-0.39, 0.29) is 17.9 Å². The van der Waals surface area contributed by atoms with Gasteiger partial charge in [0.15, 0.2) is 5.13 Å². The predicted octanol–water partition coefficient (Wildman–Crippen LogP) is 3.78. The Morgan fingerprint density at radius 1 is 1.50 bits per heavy atom. The summed E-state index contributed by atoms with van der Waals surface area (Å²) in [5.74, 6) is 0.745. The molecular formula is C18H24N2O3S. The van der Waals surface area contributed by atoms with Gasteiger partial charge in [0, 0.05) is 12.5 Å². The van der Waals surface area contributed by atoms with Crippen LogP contribution in [0.5, 0.6) is 5.75 Å². The van der Waals surface area contributed by atoms with E-state index in [4.69, 9.17) is 14.5 Å². The monoisotopic (exact) mass is 348 g/mol. The molecule has 0 spiro atoms. The Bertz CT molecular complexity index is 735. The zero-order valence-corrected chi connectivity index (χ0v) is 15.5. The first-order chi connectivity index (χ1) is 11.5. The van der Waals surface area contributed by atoms with E-state index in [1.54, 1.807) is 23.3 Å². The summed E-state index contributed by atoms with van der Waals surface area (Å²) in [4.78, 5) is 19.3. The zero-order valence-electron chi connectivity index (χ0n) is 14.7. The van der Waals surface area contributed by atoms with E-state index in [0.29, 0.717) is 6.54 Å². The van der Waals surface area contributed by atoms with Crippen LogP contribution in [0.1, 0.15) is 32.3 Å². The normalized spacial score (nSPS) is 17.6. The van der Waals surface area contributed by atoms with Crippen molar-refractivity contribution in [1.82, 2.24) is 4.98 Å². The van der Waals surface area contributed by atoms with E-state index in [1.807, 2.05) is 26.0 Å². The first kappa shape index (κ1) is 17.2. The number of aryl methyl sites for hydroxylation is 1. The van der Waals surface area contributed by atoms with Crippen LogP contribution in [0.4, 0.5) is 5.13 Å². The summed E-state index contributed by atoms with van der Waals surface area (Å²) in [5, 5.41) is 0.729. The topological polar surface area (TPSA) is 51.7 Å². The average molecular weight is 348 g/mol. The molecule has 6 heteroatoms. The van der Waals surface area contributed by atoms with Gasteiger partial charge in [-0.1, -0.05) is 31.3 Å². The highest BCUT2D eigenvalue weighted by Crippen LogP contribution is 2.37. The van der Waals surface area contributed by atoms with Crippen molar-refractivity contribution >= 4 is 32.6 Å². The first-order valence-corrected chi connectivity index (χ1v) is 9.20. The molecule has 2 aromatic rings. The smallest absolute Gasteiger partial charge is 0.231 e. The summed E-state index contributed by atoms with van der Waals surface area (Å²) in [6.45, 7) is 7.24. The minimum Gasteiger partial charge on any atom is -0.494 e. The van der Waals surface area contributed by atoms with Crippen molar-refractivity contribution in [1.29, 1.82) is 0 Å². The number of thiazole rings is 1. The zero-order chi connectivity index (χ0) is 17.3. The number of carbonyl (C=O) groups excluding carboxylic acids is 1. The molecule has 24 heavy (non-hydrogen) atoms. The lowest BCUT2D eigenvalue weighted by molar-refractivity contribution is -0.121. The largest absolute Gasteiger partial charge is 0.494 e. The Kier molecular flexibility index (Phi) is 5.06. The van der Waals surface area contributed by atoms with Gasteiger partial charge < -0.3 is 9.47 Å². The number of amides is 1. The summed E-state index contributed by atoms with van der Waals surface area (Å²) >= 11 is 1.55. The SMILES string of the molecule is COc1ccc(C)c2sc(N(CC3CCCO3)C(=O)C(C)C)nc12. The van der Waals surface area contributed by atoms with Gasteiger partial charge in [0.25, 0.3) is 0 Å². The van der Waals surface area contributed by atoms with Crippen molar-refractivity contribution in [2.24, 2.45) is 5.92 Å². The fourth-order valence-electron chi connectivity index (χ4n) is 2.94. The van der Waals surface area contributed by atoms with Gasteiger partial charge in [-0.05, 0) is 31.4 Å². The molecule has 1 atom stereocenters. The first-order valence-electron chi connectivity index (χ1n) is 8.38. The summed E-state index contributed by atoms with van der Waals surface area (Å²) in [6.07, 6.45) is 2.15. The van der Waals surface area contributed by atoms with Crippen molar-refractivity contribution in [2.45, 2.75) is 39.7 Å². The van der Waals surface area contributed by atoms with E-state index in [1.165, 1.54) is 0 Å². The number of hydrogen-bond acceptors (Lipinski definition) is 5. The third-order valence-corrected chi connectivity index (χ3v) is 5.53. The van der Waals surface area contributed by atoms with Crippen molar-refractivity contribution in [3.05, 3.63) is 17.7 Å². The summed E-state index contributed by atoms with van der Waals surface area (Å²) in [7, 11) is 1.65. The fraction of sp³-hybridized carbons (Fsp3) is 0.556. The standard InChI is InChI=1S/C18H24N2O3S/c1-11(2)17(21)20(10-13-6-5-9-23-13)18-19-15-14(22-4)8-7-12(3)16(15)24-18/h7-8,11,13H,5-6,9-10H2,1-4H3. The number of hydrogen-bond donors (Lipinski definition) is 0. The second-order valence-electron chi connectivity index (χ2n) is 6.50. The number of rotatable bonds is 5. The highest BCUT2D eigenvalue weighted by molar-refractivity contribution is 7.22. The number of nitrogens with zero attached hydrogens (tertiary/aromatic N) is 2. The molecule has 3 rings (SSSR count). The second-order valence-corrected chi connectivity index (χ2v) is 7.47. The minimum atomic E-state index is -0.0820. The molecule has 2 heterocycles. The van der Waals surface area contributed by atoms with Gasteiger partial charge in [-0.25, -0.2) is 4.98 Å². The van der Waals surface area contributed by atoms with E-state index in [0.717, 1.165) is 46.1 Å². The van der Waals surface area contributed by atoms with E-state index < -0.39 is 0 Å². The van der Waals surface area contributed by atoms with Crippen molar-refractivity contribution < 1.29 is 14.3 Å². The van der Waals surface area contributed by atoms with Gasteiger partial charge in [0.05, 0.1) is 24.5 Å². The molecule has 5 nitrogen and oxygen atoms in total. The van der Waals surface area contributed by atoms with Gasteiger partial charge in [-0.2, -0.15) is 0 Å². The minimum absolute atomic E-state index is 0.0820. The Labute approximate surface area is 146 Å². The molecule has 1 aliphatic rings. The molecule has 1 aromatic heterocycles. The number of methoxy groups -OCH3 is 1. The maximum absolute atomic E-state index is 12.8. The van der Waals surface area contributed by atoms with Crippen LogP contribution < -0.4 is 9.64 Å². The van der Waals surface area contributed by atoms with Crippen LogP contribution in [0.25, 0.3) is 10.2 Å². The molecular weight excluding hydrogens is 324 g/mol. The highest BCUT2D eigenvalue weighted by atomic mass is 32.1. The predicted molar refractivity (Wildman–Crippen MR) is 97.1 cm³/mol. The number of anilines is 1. The summed E-state index contributed by atoms with van der Waals surface area (Å²) < 4.78 is 12.2. The second kappa shape index (κ2) is 7.07. The molecule has 1 aliphatic heterocycles. The summed E-state index contributed by atoms with van der Waals surface area (Å²) in [5.41, 5.74) is 1.97. The molecule has 0 saturated carbocycles. The lowest BCUT2D eigenvalue weighted by atomic mass is 10.1. The van der Waals surface area contributed by atoms with Gasteiger partial charge >= 0.3 is 0 Å². The number of benzene rings is 1. The maximum atomic E-state index is 12.8. The Morgan fingerprint density at radius 2 is 2.29 bits per heavy atom. The van der Waals surface area contributed by atoms with Crippen LogP contribution in [0, 0.1) is 12.8 Å². The molecule has 1 aromatic carbocycles. The lowest BCUT2D eigenvalue weighted by Crippen LogP contribution is -2.39. The van der Waals surface area contributed by atoms with Crippen molar-refractivity contribution in [3.63, 3.8) is 0 Å². The van der Waals surface area contributed by atoms with Crippen LogP contribution in [0.2, 0.25) is 0 Å². The number of fused-ring (bicyclic) bond motifs is 1. The molecule has 1 fully saturated rings. The highest BCUT2D eigenvalue weighted by Gasteiger charge is 2.28. The third-order valence-electron chi connectivity index (χ3n) is 4.31. The molecule has 0 N–H and O–H groups in total. The molecule has 130 valence electrons. The molecule has 1 unspecified atom stereocenters. The lowest BCUT2D eigenvalue weighted by Gasteiger charge is -2.24. The third kappa shape index (κ3) is 3.26. The fourth-order valence-corrected chi connectivity index (χ4v) is 4.01. The van der Waals surface area contributed by atoms with E-state index in [9.17, 15) is 4.79 Å². The van der Waals surface area contributed by atoms with E-state index in [2.05, 4.69) is 6.92 Å². The van der Waals surface area contributed by atoms with Crippen LogP contribution >= 0.6 is 11.3 Å². The maximum Gasteiger partial charge on any atom is 0.231 e. The van der Waals surface area contributed by atoms with Gasteiger partial charge in [-0.15, -0.1) is 0 Å². The quantitative estimate of drug-likeness (QED) is 0.825. The van der Waals surface area contributed by atoms with Gasteiger partial charge in [0.1, 0.15) is 11.3 Å². The van der Waals surface area contributed by atoms with Crippen molar-refractivity contribution in [3.8, 4) is 5.75 Å². The molecule has 0 radical (unpaired) electrons. The van der Waals surface area contributed by atoms with E-state index >= 15 is 0 Å². The number of aromatic nitrogens is 1. The molecule has 0 bridgehead atoms. The Hall–Kier alpha value is -1.66.